The van der Waals surface area contributed by atoms with Gasteiger partial charge in [0.2, 0.25) is 5.91 Å². The van der Waals surface area contributed by atoms with Crippen molar-refractivity contribution in [2.24, 2.45) is 0 Å². The van der Waals surface area contributed by atoms with Crippen molar-refractivity contribution < 1.29 is 9.59 Å². The average molecular weight is 293 g/mol. The first-order chi connectivity index (χ1) is 9.65. The normalized spacial score (nSPS) is 23.8. The molecule has 1 unspecified atom stereocenters. The van der Waals surface area contributed by atoms with Crippen LogP contribution in [-0.2, 0) is 9.59 Å². The van der Waals surface area contributed by atoms with E-state index in [-0.39, 0.29) is 16.3 Å². The Morgan fingerprint density at radius 1 is 1.40 bits per heavy atom. The molecule has 1 amide bonds. The molecule has 20 heavy (non-hydrogen) atoms. The topological polar surface area (TPSA) is 55.2 Å². The van der Waals surface area contributed by atoms with E-state index in [4.69, 9.17) is 0 Å². The summed E-state index contributed by atoms with van der Waals surface area (Å²) >= 11 is 1.27. The molecule has 1 saturated carbocycles. The number of amides is 1. The lowest BCUT2D eigenvalue weighted by Gasteiger charge is -2.21. The van der Waals surface area contributed by atoms with Gasteiger partial charge in [-0.2, -0.15) is 5.10 Å². The Morgan fingerprint density at radius 2 is 2.15 bits per heavy atom. The van der Waals surface area contributed by atoms with Crippen LogP contribution in [0.3, 0.4) is 0 Å². The maximum Gasteiger partial charge on any atom is 0.229 e. The lowest BCUT2D eigenvalue weighted by atomic mass is 10.2. The number of hydrogen-bond acceptors (Lipinski definition) is 4. The number of aromatic nitrogens is 2. The van der Waals surface area contributed by atoms with Crippen LogP contribution < -0.4 is 4.90 Å². The molecule has 1 atom stereocenters. The van der Waals surface area contributed by atoms with Gasteiger partial charge in [0, 0.05) is 31.2 Å². The molecule has 1 aliphatic heterocycles. The maximum atomic E-state index is 12.2. The summed E-state index contributed by atoms with van der Waals surface area (Å²) in [4.78, 5) is 25.2. The molecule has 0 aromatic carbocycles. The monoisotopic (exact) mass is 293 g/mol. The summed E-state index contributed by atoms with van der Waals surface area (Å²) in [6.07, 6.45) is 6.97. The standard InChI is InChI=1S/C14H19N3O2S/c1-10(18)20-12-8-14(19)16(9-12)13-6-7-15-17(13)11-4-2-3-5-11/h6-7,11-12H,2-5,8-9H2,1H3. The third-order valence-corrected chi connectivity index (χ3v) is 5.00. The van der Waals surface area contributed by atoms with E-state index >= 15 is 0 Å². The highest BCUT2D eigenvalue weighted by Gasteiger charge is 2.34. The van der Waals surface area contributed by atoms with Gasteiger partial charge < -0.3 is 0 Å². The minimum Gasteiger partial charge on any atom is -0.296 e. The molecule has 3 rings (SSSR count). The molecule has 1 aromatic rings. The highest BCUT2D eigenvalue weighted by molar-refractivity contribution is 8.14. The van der Waals surface area contributed by atoms with Crippen molar-refractivity contribution in [2.45, 2.75) is 50.3 Å². The Hall–Kier alpha value is -1.30. The van der Waals surface area contributed by atoms with Crippen molar-refractivity contribution in [1.29, 1.82) is 0 Å². The third-order valence-electron chi connectivity index (χ3n) is 4.02. The Morgan fingerprint density at radius 3 is 2.85 bits per heavy atom. The van der Waals surface area contributed by atoms with Crippen molar-refractivity contribution in [3.8, 4) is 0 Å². The van der Waals surface area contributed by atoms with Gasteiger partial charge in [-0.15, -0.1) is 0 Å². The Kier molecular flexibility index (Phi) is 3.83. The zero-order valence-electron chi connectivity index (χ0n) is 11.6. The van der Waals surface area contributed by atoms with Gasteiger partial charge in [0.1, 0.15) is 5.82 Å². The van der Waals surface area contributed by atoms with Crippen LogP contribution in [0.4, 0.5) is 5.82 Å². The lowest BCUT2D eigenvalue weighted by Crippen LogP contribution is -2.28. The van der Waals surface area contributed by atoms with Crippen LogP contribution in [0.5, 0.6) is 0 Å². The molecule has 108 valence electrons. The van der Waals surface area contributed by atoms with Gasteiger partial charge in [0.25, 0.3) is 0 Å². The van der Waals surface area contributed by atoms with Gasteiger partial charge in [-0.1, -0.05) is 24.6 Å². The van der Waals surface area contributed by atoms with Crippen LogP contribution in [0.1, 0.15) is 45.1 Å². The highest BCUT2D eigenvalue weighted by Crippen LogP contribution is 2.35. The summed E-state index contributed by atoms with van der Waals surface area (Å²) in [5.41, 5.74) is 0. The van der Waals surface area contributed by atoms with Gasteiger partial charge in [-0.3, -0.25) is 14.5 Å². The summed E-state index contributed by atoms with van der Waals surface area (Å²) in [6.45, 7) is 2.17. The van der Waals surface area contributed by atoms with Gasteiger partial charge in [0.05, 0.1) is 12.2 Å². The van der Waals surface area contributed by atoms with E-state index in [0.29, 0.717) is 19.0 Å². The van der Waals surface area contributed by atoms with Gasteiger partial charge >= 0.3 is 0 Å². The van der Waals surface area contributed by atoms with E-state index in [1.165, 1.54) is 24.6 Å². The number of hydrogen-bond donors (Lipinski definition) is 0. The van der Waals surface area contributed by atoms with Gasteiger partial charge in [-0.25, -0.2) is 4.68 Å². The fourth-order valence-corrected chi connectivity index (χ4v) is 4.08. The van der Waals surface area contributed by atoms with Crippen LogP contribution in [0, 0.1) is 0 Å². The fourth-order valence-electron chi connectivity index (χ4n) is 3.16. The number of nitrogens with zero attached hydrogens (tertiary/aromatic N) is 3. The largest absolute Gasteiger partial charge is 0.296 e. The molecule has 6 heteroatoms. The first kappa shape index (κ1) is 13.7. The maximum absolute atomic E-state index is 12.2. The molecular weight excluding hydrogens is 274 g/mol. The molecule has 2 heterocycles. The Balaban J connectivity index is 1.78. The number of anilines is 1. The van der Waals surface area contributed by atoms with Gasteiger partial charge in [-0.05, 0) is 12.8 Å². The second kappa shape index (κ2) is 5.60. The van der Waals surface area contributed by atoms with E-state index in [9.17, 15) is 9.59 Å². The molecular formula is C14H19N3O2S. The second-order valence-corrected chi connectivity index (χ2v) is 6.99. The number of carbonyl (C=O) groups is 2. The molecule has 0 radical (unpaired) electrons. The number of thioether (sulfide) groups is 1. The lowest BCUT2D eigenvalue weighted by molar-refractivity contribution is -0.117. The summed E-state index contributed by atoms with van der Waals surface area (Å²) in [5.74, 6) is 0.997. The molecule has 1 saturated heterocycles. The van der Waals surface area contributed by atoms with Gasteiger partial charge in [0.15, 0.2) is 5.12 Å². The quantitative estimate of drug-likeness (QED) is 0.858. The predicted octanol–water partition coefficient (Wildman–Crippen LogP) is 2.38. The Labute approximate surface area is 122 Å². The van der Waals surface area contributed by atoms with E-state index in [1.54, 1.807) is 18.0 Å². The first-order valence-corrected chi connectivity index (χ1v) is 8.04. The SMILES string of the molecule is CC(=O)SC1CC(=O)N(c2ccnn2C2CCCC2)C1. The number of rotatable bonds is 3. The third kappa shape index (κ3) is 2.61. The van der Waals surface area contributed by atoms with E-state index < -0.39 is 0 Å². The van der Waals surface area contributed by atoms with E-state index in [0.717, 1.165) is 18.7 Å². The zero-order chi connectivity index (χ0) is 14.1. The minimum absolute atomic E-state index is 0.0759. The second-order valence-electron chi connectivity index (χ2n) is 5.51. The molecule has 0 bridgehead atoms. The minimum atomic E-state index is 0.0759. The van der Waals surface area contributed by atoms with Crippen molar-refractivity contribution in [1.82, 2.24) is 9.78 Å². The highest BCUT2D eigenvalue weighted by atomic mass is 32.2. The smallest absolute Gasteiger partial charge is 0.229 e. The van der Waals surface area contributed by atoms with E-state index in [1.807, 2.05) is 10.7 Å². The molecule has 1 aliphatic carbocycles. The molecule has 0 N–H and O–H groups in total. The van der Waals surface area contributed by atoms with Crippen molar-refractivity contribution in [3.05, 3.63) is 12.3 Å². The van der Waals surface area contributed by atoms with Crippen LogP contribution in [-0.4, -0.2) is 32.6 Å². The summed E-state index contributed by atoms with van der Waals surface area (Å²) < 4.78 is 2.01. The zero-order valence-corrected chi connectivity index (χ0v) is 12.4. The fraction of sp³-hybridized carbons (Fsp3) is 0.643. The van der Waals surface area contributed by atoms with Crippen molar-refractivity contribution >= 4 is 28.6 Å². The van der Waals surface area contributed by atoms with Crippen LogP contribution >= 0.6 is 11.8 Å². The Bertz CT molecular complexity index is 522. The molecule has 1 aromatic heterocycles. The summed E-state index contributed by atoms with van der Waals surface area (Å²) in [5, 5.41) is 4.57. The van der Waals surface area contributed by atoms with Crippen LogP contribution in [0.2, 0.25) is 0 Å². The van der Waals surface area contributed by atoms with Crippen LogP contribution in [0.15, 0.2) is 12.3 Å². The molecule has 5 nitrogen and oxygen atoms in total. The average Bonchev–Trinajstić information content (AvgIpc) is 3.07. The van der Waals surface area contributed by atoms with Crippen molar-refractivity contribution in [3.63, 3.8) is 0 Å². The first-order valence-electron chi connectivity index (χ1n) is 7.16. The molecule has 0 spiro atoms. The summed E-state index contributed by atoms with van der Waals surface area (Å²) in [7, 11) is 0. The van der Waals surface area contributed by atoms with E-state index in [2.05, 4.69) is 5.10 Å². The number of carbonyl (C=O) groups excluding carboxylic acids is 2. The van der Waals surface area contributed by atoms with Crippen LogP contribution in [0.25, 0.3) is 0 Å². The predicted molar refractivity (Wildman–Crippen MR) is 78.8 cm³/mol. The molecule has 2 aliphatic rings. The summed E-state index contributed by atoms with van der Waals surface area (Å²) in [6, 6.07) is 2.34. The molecule has 2 fully saturated rings. The van der Waals surface area contributed by atoms with Crippen molar-refractivity contribution in [2.75, 3.05) is 11.4 Å².